The minimum absolute atomic E-state index is 0.105. The van der Waals surface area contributed by atoms with E-state index in [-0.39, 0.29) is 5.41 Å². The normalized spacial score (nSPS) is 54.3. The van der Waals surface area contributed by atoms with Gasteiger partial charge >= 0.3 is 0 Å². The van der Waals surface area contributed by atoms with E-state index in [1.807, 2.05) is 6.08 Å². The van der Waals surface area contributed by atoms with E-state index in [9.17, 15) is 9.90 Å². The van der Waals surface area contributed by atoms with Crippen molar-refractivity contribution in [2.45, 2.75) is 71.3 Å². The zero-order chi connectivity index (χ0) is 15.7. The summed E-state index contributed by atoms with van der Waals surface area (Å²) in [5.74, 6) is 3.86. The first-order valence-electron chi connectivity index (χ1n) is 9.29. The van der Waals surface area contributed by atoms with Crippen LogP contribution in [0.4, 0.5) is 0 Å². The van der Waals surface area contributed by atoms with E-state index in [0.717, 1.165) is 43.9 Å². The zero-order valence-electron chi connectivity index (χ0n) is 14.3. The molecule has 0 radical (unpaired) electrons. The average Bonchev–Trinajstić information content (AvgIpc) is 2.69. The third-order valence-electron chi connectivity index (χ3n) is 8.20. The molecule has 0 aromatic carbocycles. The first-order valence-corrected chi connectivity index (χ1v) is 9.29. The third kappa shape index (κ3) is 1.85. The Labute approximate surface area is 134 Å². The number of ketones is 1. The van der Waals surface area contributed by atoms with Gasteiger partial charge in [-0.05, 0) is 86.5 Å². The maximum Gasteiger partial charge on any atom is 0.155 e. The molecule has 4 aliphatic rings. The predicted octanol–water partition coefficient (Wildman–Crippen LogP) is 4.13. The summed E-state index contributed by atoms with van der Waals surface area (Å²) in [6.07, 6.45) is 9.51. The number of fused-ring (bicyclic) bond motifs is 5. The third-order valence-corrected chi connectivity index (χ3v) is 8.20. The number of carbonyl (C=O) groups is 1. The van der Waals surface area contributed by atoms with Gasteiger partial charge in [-0.3, -0.25) is 4.79 Å². The summed E-state index contributed by atoms with van der Waals surface area (Å²) in [5, 5.41) is 10.9. The number of carbonyl (C=O) groups excluding carboxylic acids is 1. The van der Waals surface area contributed by atoms with Gasteiger partial charge in [0, 0.05) is 6.42 Å². The van der Waals surface area contributed by atoms with Gasteiger partial charge < -0.3 is 5.11 Å². The highest BCUT2D eigenvalue weighted by Gasteiger charge is 2.61. The lowest BCUT2D eigenvalue weighted by atomic mass is 9.48. The molecule has 7 atom stereocenters. The Balaban J connectivity index is 1.69. The van der Waals surface area contributed by atoms with Crippen molar-refractivity contribution in [1.29, 1.82) is 0 Å². The zero-order valence-corrected chi connectivity index (χ0v) is 14.3. The van der Waals surface area contributed by atoms with E-state index in [0.29, 0.717) is 23.5 Å². The van der Waals surface area contributed by atoms with Crippen LogP contribution in [0.3, 0.4) is 0 Å². The van der Waals surface area contributed by atoms with Gasteiger partial charge in [-0.25, -0.2) is 0 Å². The molecule has 0 spiro atoms. The maximum absolute atomic E-state index is 11.8. The van der Waals surface area contributed by atoms with E-state index in [1.54, 1.807) is 0 Å². The fraction of sp³-hybridized carbons (Fsp3) is 0.850. The Kier molecular flexibility index (Phi) is 3.18. The lowest BCUT2D eigenvalue weighted by Crippen LogP contribution is -2.53. The molecule has 2 heteroatoms. The Hall–Kier alpha value is -0.630. The SMILES string of the molecule is C[C@@H]1CC2=CC(=O)CC[C@@H]2[C@@H]2CC[C@]3(C)[C@H](CC[C@@]3(C)O)[C@H]21. The fourth-order valence-electron chi connectivity index (χ4n) is 6.83. The number of aliphatic hydroxyl groups is 1. The molecule has 3 fully saturated rings. The van der Waals surface area contributed by atoms with Crippen molar-refractivity contribution in [1.82, 2.24) is 0 Å². The number of allylic oxidation sites excluding steroid dienone is 1. The Morgan fingerprint density at radius 2 is 1.95 bits per heavy atom. The van der Waals surface area contributed by atoms with E-state index in [4.69, 9.17) is 0 Å². The second-order valence-corrected chi connectivity index (χ2v) is 9.13. The van der Waals surface area contributed by atoms with Crippen molar-refractivity contribution in [3.8, 4) is 0 Å². The highest BCUT2D eigenvalue weighted by atomic mass is 16.3. The van der Waals surface area contributed by atoms with E-state index >= 15 is 0 Å². The van der Waals surface area contributed by atoms with Gasteiger partial charge in [0.1, 0.15) is 0 Å². The van der Waals surface area contributed by atoms with Gasteiger partial charge in [-0.1, -0.05) is 19.4 Å². The second kappa shape index (κ2) is 4.69. The maximum atomic E-state index is 11.8. The topological polar surface area (TPSA) is 37.3 Å². The summed E-state index contributed by atoms with van der Waals surface area (Å²) < 4.78 is 0. The lowest BCUT2D eigenvalue weighted by Gasteiger charge is -2.57. The molecule has 0 aromatic rings. The number of hydrogen-bond donors (Lipinski definition) is 1. The van der Waals surface area contributed by atoms with Crippen molar-refractivity contribution < 1.29 is 9.90 Å². The Bertz CT molecular complexity index is 532. The predicted molar refractivity (Wildman–Crippen MR) is 87.3 cm³/mol. The molecule has 0 unspecified atom stereocenters. The molecule has 122 valence electrons. The van der Waals surface area contributed by atoms with Crippen LogP contribution in [0, 0.1) is 35.0 Å². The molecular weight excluding hydrogens is 272 g/mol. The summed E-state index contributed by atoms with van der Waals surface area (Å²) in [6.45, 7) is 6.82. The van der Waals surface area contributed by atoms with Crippen LogP contribution >= 0.6 is 0 Å². The Morgan fingerprint density at radius 1 is 1.18 bits per heavy atom. The molecule has 4 aliphatic carbocycles. The summed E-state index contributed by atoms with van der Waals surface area (Å²) >= 11 is 0. The highest BCUT2D eigenvalue weighted by molar-refractivity contribution is 5.91. The molecule has 0 bridgehead atoms. The molecule has 3 saturated carbocycles. The minimum atomic E-state index is -0.485. The average molecular weight is 302 g/mol. The van der Waals surface area contributed by atoms with Gasteiger partial charge in [0.2, 0.25) is 0 Å². The van der Waals surface area contributed by atoms with Crippen LogP contribution < -0.4 is 0 Å². The summed E-state index contributed by atoms with van der Waals surface area (Å²) in [5.41, 5.74) is 1.08. The number of hydrogen-bond acceptors (Lipinski definition) is 2. The van der Waals surface area contributed by atoms with Gasteiger partial charge in [-0.15, -0.1) is 0 Å². The van der Waals surface area contributed by atoms with E-state index in [2.05, 4.69) is 20.8 Å². The van der Waals surface area contributed by atoms with Crippen LogP contribution in [0.15, 0.2) is 11.6 Å². The molecule has 4 rings (SSSR count). The van der Waals surface area contributed by atoms with E-state index < -0.39 is 5.60 Å². The fourth-order valence-corrected chi connectivity index (χ4v) is 6.83. The highest BCUT2D eigenvalue weighted by Crippen LogP contribution is 2.65. The standard InChI is InChI=1S/C20H30O2/c1-12-10-13-11-14(21)4-5-15(13)16-6-8-19(2)17(18(12)16)7-9-20(19,3)22/h11-12,15-18,22H,4-10H2,1-3H3/t12-,15+,16+,17-,18+,19-,20-/m1/s1. The lowest BCUT2D eigenvalue weighted by molar-refractivity contribution is -0.121. The van der Waals surface area contributed by atoms with Gasteiger partial charge in [0.15, 0.2) is 5.78 Å². The van der Waals surface area contributed by atoms with Crippen LogP contribution in [0.2, 0.25) is 0 Å². The molecule has 0 aliphatic heterocycles. The van der Waals surface area contributed by atoms with Crippen molar-refractivity contribution in [3.05, 3.63) is 11.6 Å². The molecule has 0 aromatic heterocycles. The molecule has 2 nitrogen and oxygen atoms in total. The number of rotatable bonds is 0. The van der Waals surface area contributed by atoms with Crippen molar-refractivity contribution in [2.75, 3.05) is 0 Å². The summed E-state index contributed by atoms with van der Waals surface area (Å²) in [4.78, 5) is 11.8. The largest absolute Gasteiger partial charge is 0.390 e. The first-order chi connectivity index (χ1) is 10.3. The monoisotopic (exact) mass is 302 g/mol. The van der Waals surface area contributed by atoms with Crippen LogP contribution in [0.1, 0.15) is 65.7 Å². The molecule has 22 heavy (non-hydrogen) atoms. The molecular formula is C20H30O2. The smallest absolute Gasteiger partial charge is 0.155 e. The summed E-state index contributed by atoms with van der Waals surface area (Å²) in [7, 11) is 0. The van der Waals surface area contributed by atoms with Crippen LogP contribution in [0.25, 0.3) is 0 Å². The Morgan fingerprint density at radius 3 is 2.73 bits per heavy atom. The van der Waals surface area contributed by atoms with Gasteiger partial charge in [-0.2, -0.15) is 0 Å². The summed E-state index contributed by atoms with van der Waals surface area (Å²) in [6, 6.07) is 0. The van der Waals surface area contributed by atoms with Crippen LogP contribution in [-0.2, 0) is 4.79 Å². The minimum Gasteiger partial charge on any atom is -0.390 e. The quantitative estimate of drug-likeness (QED) is 0.730. The van der Waals surface area contributed by atoms with Gasteiger partial charge in [0.05, 0.1) is 5.60 Å². The van der Waals surface area contributed by atoms with Crippen molar-refractivity contribution in [2.24, 2.45) is 35.0 Å². The molecule has 0 heterocycles. The van der Waals surface area contributed by atoms with E-state index in [1.165, 1.54) is 18.4 Å². The molecule has 0 saturated heterocycles. The van der Waals surface area contributed by atoms with Crippen LogP contribution in [0.5, 0.6) is 0 Å². The first kappa shape index (κ1) is 14.9. The van der Waals surface area contributed by atoms with Crippen LogP contribution in [-0.4, -0.2) is 16.5 Å². The van der Waals surface area contributed by atoms with Crippen molar-refractivity contribution in [3.63, 3.8) is 0 Å². The second-order valence-electron chi connectivity index (χ2n) is 9.13. The van der Waals surface area contributed by atoms with Crippen molar-refractivity contribution >= 4 is 5.78 Å². The molecule has 1 N–H and O–H groups in total. The molecule has 0 amide bonds. The van der Waals surface area contributed by atoms with Gasteiger partial charge in [0.25, 0.3) is 0 Å².